The first-order valence-corrected chi connectivity index (χ1v) is 7.58. The van der Waals surface area contributed by atoms with Gasteiger partial charge in [0.15, 0.2) is 11.5 Å². The monoisotopic (exact) mass is 334 g/mol. The molecular weight excluding hydrogens is 312 g/mol. The molecule has 0 saturated carbocycles. The number of methoxy groups -OCH3 is 1. The van der Waals surface area contributed by atoms with E-state index >= 15 is 0 Å². The second kappa shape index (κ2) is 6.51. The summed E-state index contributed by atoms with van der Waals surface area (Å²) in [7, 11) is 1.43. The number of phenolic OH excluding ortho intramolecular Hbond substituents is 1. The molecule has 7 heteroatoms. The number of aromatic hydroxyl groups is 1. The minimum Gasteiger partial charge on any atom is -0.504 e. The van der Waals surface area contributed by atoms with Crippen LogP contribution in [-0.2, 0) is 9.53 Å². The second-order valence-corrected chi connectivity index (χ2v) is 6.62. The summed E-state index contributed by atoms with van der Waals surface area (Å²) < 4.78 is 10.6. The van der Waals surface area contributed by atoms with Crippen molar-refractivity contribution in [2.75, 3.05) is 7.11 Å². The number of phenols is 1. The first-order valence-electron chi connectivity index (χ1n) is 7.58. The zero-order chi connectivity index (χ0) is 18.1. The van der Waals surface area contributed by atoms with Gasteiger partial charge in [-0.15, -0.1) is 0 Å². The predicted molar refractivity (Wildman–Crippen MR) is 88.4 cm³/mol. The molecule has 2 amide bonds. The first kappa shape index (κ1) is 17.8. The van der Waals surface area contributed by atoms with Crippen LogP contribution in [0.15, 0.2) is 23.2 Å². The Kier molecular flexibility index (Phi) is 4.82. The average Bonchev–Trinajstić information content (AvgIpc) is 2.44. The summed E-state index contributed by atoms with van der Waals surface area (Å²) in [6.07, 6.45) is 0. The fourth-order valence-corrected chi connectivity index (χ4v) is 2.55. The van der Waals surface area contributed by atoms with Crippen molar-refractivity contribution < 1.29 is 24.2 Å². The lowest BCUT2D eigenvalue weighted by molar-refractivity contribution is -0.158. The summed E-state index contributed by atoms with van der Waals surface area (Å²) in [5.41, 5.74) is 0.337. The van der Waals surface area contributed by atoms with Gasteiger partial charge in [0.25, 0.3) is 0 Å². The minimum atomic E-state index is -0.754. The third-order valence-corrected chi connectivity index (χ3v) is 3.56. The molecule has 2 unspecified atom stereocenters. The van der Waals surface area contributed by atoms with E-state index in [4.69, 9.17) is 9.47 Å². The SMILES string of the molecule is COc1cc(C2NC(=O)N=C(C)C2C(=O)OC(C)(C)C)ccc1O. The number of nitrogens with zero attached hydrogens (tertiary/aromatic N) is 1. The Hall–Kier alpha value is -2.57. The van der Waals surface area contributed by atoms with Gasteiger partial charge >= 0.3 is 12.0 Å². The lowest BCUT2D eigenvalue weighted by Crippen LogP contribution is -2.45. The zero-order valence-corrected chi connectivity index (χ0v) is 14.4. The summed E-state index contributed by atoms with van der Waals surface area (Å²) >= 11 is 0. The molecule has 0 aromatic heterocycles. The number of aliphatic imine (C=N–C) groups is 1. The van der Waals surface area contributed by atoms with E-state index in [1.165, 1.54) is 13.2 Å². The molecular formula is C17H22N2O5. The van der Waals surface area contributed by atoms with Crippen LogP contribution in [0.1, 0.15) is 39.3 Å². The van der Waals surface area contributed by atoms with Crippen LogP contribution in [0.5, 0.6) is 11.5 Å². The number of hydrogen-bond acceptors (Lipinski definition) is 5. The molecule has 1 aromatic rings. The van der Waals surface area contributed by atoms with Gasteiger partial charge in [-0.05, 0) is 45.4 Å². The van der Waals surface area contributed by atoms with Crippen LogP contribution >= 0.6 is 0 Å². The van der Waals surface area contributed by atoms with E-state index in [9.17, 15) is 14.7 Å². The Bertz CT molecular complexity index is 691. The van der Waals surface area contributed by atoms with E-state index in [2.05, 4.69) is 10.3 Å². The van der Waals surface area contributed by atoms with Crippen molar-refractivity contribution >= 4 is 17.7 Å². The van der Waals surface area contributed by atoms with Crippen LogP contribution in [0.4, 0.5) is 4.79 Å². The lowest BCUT2D eigenvalue weighted by atomic mass is 9.88. The molecule has 0 aliphatic carbocycles. The highest BCUT2D eigenvalue weighted by Gasteiger charge is 2.39. The van der Waals surface area contributed by atoms with Gasteiger partial charge in [0, 0.05) is 5.71 Å². The van der Waals surface area contributed by atoms with Crippen LogP contribution in [-0.4, -0.2) is 35.5 Å². The molecule has 7 nitrogen and oxygen atoms in total. The summed E-state index contributed by atoms with van der Waals surface area (Å²) in [5, 5.41) is 12.4. The summed E-state index contributed by atoms with van der Waals surface area (Å²) in [4.78, 5) is 28.2. The Morgan fingerprint density at radius 1 is 1.33 bits per heavy atom. The molecule has 1 aromatic carbocycles. The summed E-state index contributed by atoms with van der Waals surface area (Å²) in [6, 6.07) is 3.48. The van der Waals surface area contributed by atoms with Gasteiger partial charge < -0.3 is 19.9 Å². The maximum atomic E-state index is 12.6. The maximum Gasteiger partial charge on any atom is 0.341 e. The third kappa shape index (κ3) is 3.84. The Morgan fingerprint density at radius 2 is 2.00 bits per heavy atom. The number of amides is 2. The molecule has 1 aliphatic rings. The predicted octanol–water partition coefficient (Wildman–Crippen LogP) is 2.58. The molecule has 130 valence electrons. The number of urea groups is 1. The fourth-order valence-electron chi connectivity index (χ4n) is 2.55. The molecule has 2 rings (SSSR count). The zero-order valence-electron chi connectivity index (χ0n) is 14.4. The van der Waals surface area contributed by atoms with Gasteiger partial charge in [0.1, 0.15) is 11.5 Å². The highest BCUT2D eigenvalue weighted by Crippen LogP contribution is 2.34. The van der Waals surface area contributed by atoms with E-state index in [1.807, 2.05) is 0 Å². The number of carbonyl (C=O) groups excluding carboxylic acids is 2. The number of esters is 1. The van der Waals surface area contributed by atoms with Crippen molar-refractivity contribution in [1.82, 2.24) is 5.32 Å². The van der Waals surface area contributed by atoms with Gasteiger partial charge in [-0.3, -0.25) is 4.79 Å². The van der Waals surface area contributed by atoms with Crippen LogP contribution < -0.4 is 10.1 Å². The standard InChI is InChI=1S/C17H22N2O5/c1-9-13(15(21)24-17(2,3)4)14(19-16(22)18-9)10-6-7-11(20)12(8-10)23-5/h6-8,13-14,20H,1-5H3,(H,19,22). The van der Waals surface area contributed by atoms with Gasteiger partial charge in [0.2, 0.25) is 0 Å². The van der Waals surface area contributed by atoms with Crippen molar-refractivity contribution in [3.05, 3.63) is 23.8 Å². The molecule has 0 radical (unpaired) electrons. The highest BCUT2D eigenvalue weighted by atomic mass is 16.6. The average molecular weight is 334 g/mol. The first-order chi connectivity index (χ1) is 11.1. The molecule has 2 atom stereocenters. The topological polar surface area (TPSA) is 97.2 Å². The second-order valence-electron chi connectivity index (χ2n) is 6.62. The third-order valence-electron chi connectivity index (χ3n) is 3.56. The van der Waals surface area contributed by atoms with Gasteiger partial charge in [0.05, 0.1) is 13.2 Å². The van der Waals surface area contributed by atoms with Gasteiger partial charge in [-0.2, -0.15) is 0 Å². The van der Waals surface area contributed by atoms with E-state index in [0.29, 0.717) is 11.3 Å². The van der Waals surface area contributed by atoms with E-state index in [-0.39, 0.29) is 11.5 Å². The minimum absolute atomic E-state index is 0.0254. The molecule has 0 bridgehead atoms. The van der Waals surface area contributed by atoms with Crippen molar-refractivity contribution in [2.45, 2.75) is 39.3 Å². The van der Waals surface area contributed by atoms with Crippen molar-refractivity contribution in [1.29, 1.82) is 0 Å². The number of carbonyl (C=O) groups is 2. The summed E-state index contributed by atoms with van der Waals surface area (Å²) in [5.74, 6) is -0.996. The van der Waals surface area contributed by atoms with Crippen LogP contribution in [0.25, 0.3) is 0 Å². The fraction of sp³-hybridized carbons (Fsp3) is 0.471. The smallest absolute Gasteiger partial charge is 0.341 e. The largest absolute Gasteiger partial charge is 0.504 e. The van der Waals surface area contributed by atoms with Crippen molar-refractivity contribution in [3.8, 4) is 11.5 Å². The molecule has 0 spiro atoms. The van der Waals surface area contributed by atoms with Crippen molar-refractivity contribution in [3.63, 3.8) is 0 Å². The van der Waals surface area contributed by atoms with E-state index in [1.54, 1.807) is 39.8 Å². The number of nitrogens with one attached hydrogen (secondary N) is 1. The maximum absolute atomic E-state index is 12.6. The molecule has 0 fully saturated rings. The van der Waals surface area contributed by atoms with Gasteiger partial charge in [-0.25, -0.2) is 9.79 Å². The number of ether oxygens (including phenoxy) is 2. The highest BCUT2D eigenvalue weighted by molar-refractivity contribution is 6.08. The Morgan fingerprint density at radius 3 is 2.58 bits per heavy atom. The number of rotatable bonds is 3. The Balaban J connectivity index is 2.43. The van der Waals surface area contributed by atoms with Gasteiger partial charge in [-0.1, -0.05) is 6.07 Å². The molecule has 24 heavy (non-hydrogen) atoms. The molecule has 0 saturated heterocycles. The normalized spacial score (nSPS) is 20.9. The quantitative estimate of drug-likeness (QED) is 0.828. The summed E-state index contributed by atoms with van der Waals surface area (Å²) in [6.45, 7) is 6.95. The van der Waals surface area contributed by atoms with Crippen LogP contribution in [0, 0.1) is 5.92 Å². The molecule has 1 heterocycles. The van der Waals surface area contributed by atoms with Crippen LogP contribution in [0.3, 0.4) is 0 Å². The van der Waals surface area contributed by atoms with Crippen molar-refractivity contribution in [2.24, 2.45) is 10.9 Å². The van der Waals surface area contributed by atoms with E-state index in [0.717, 1.165) is 0 Å². The lowest BCUT2D eigenvalue weighted by Gasteiger charge is -2.32. The van der Waals surface area contributed by atoms with E-state index < -0.39 is 29.6 Å². The molecule has 2 N–H and O–H groups in total. The van der Waals surface area contributed by atoms with Crippen LogP contribution in [0.2, 0.25) is 0 Å². The molecule has 1 aliphatic heterocycles. The number of hydrogen-bond donors (Lipinski definition) is 2. The Labute approximate surface area is 140 Å². The number of benzene rings is 1.